The van der Waals surface area contributed by atoms with Crippen LogP contribution in [-0.2, 0) is 16.0 Å². The van der Waals surface area contributed by atoms with Crippen molar-refractivity contribution in [1.82, 2.24) is 9.80 Å². The molecule has 1 saturated heterocycles. The molecule has 1 atom stereocenters. The third kappa shape index (κ3) is 4.58. The lowest BCUT2D eigenvalue weighted by Crippen LogP contribution is -2.42. The zero-order chi connectivity index (χ0) is 22.0. The number of hydrogen-bond acceptors (Lipinski definition) is 3. The van der Waals surface area contributed by atoms with Gasteiger partial charge in [0.1, 0.15) is 11.6 Å². The summed E-state index contributed by atoms with van der Waals surface area (Å²) < 4.78 is 19.4. The van der Waals surface area contributed by atoms with Crippen molar-refractivity contribution >= 4 is 11.8 Å². The lowest BCUT2D eigenvalue weighted by Gasteiger charge is -2.39. The number of benzene rings is 2. The van der Waals surface area contributed by atoms with Crippen LogP contribution in [0, 0.1) is 11.7 Å². The summed E-state index contributed by atoms with van der Waals surface area (Å²) in [6.45, 7) is 6.00. The molecule has 0 radical (unpaired) electrons. The van der Waals surface area contributed by atoms with Gasteiger partial charge in [0.25, 0.3) is 5.91 Å². The maximum Gasteiger partial charge on any atom is 0.260 e. The topological polar surface area (TPSA) is 49.9 Å². The van der Waals surface area contributed by atoms with Gasteiger partial charge in [-0.25, -0.2) is 4.39 Å². The number of rotatable bonds is 5. The van der Waals surface area contributed by atoms with Crippen molar-refractivity contribution < 1.29 is 18.7 Å². The van der Waals surface area contributed by atoms with E-state index in [0.29, 0.717) is 12.3 Å². The molecule has 2 amide bonds. The van der Waals surface area contributed by atoms with Gasteiger partial charge in [0.15, 0.2) is 6.61 Å². The smallest absolute Gasteiger partial charge is 0.260 e. The second-order valence-corrected chi connectivity index (χ2v) is 8.63. The number of ether oxygens (including phenoxy) is 1. The summed E-state index contributed by atoms with van der Waals surface area (Å²) in [4.78, 5) is 29.0. The number of nitrogens with zero attached hydrogens (tertiary/aromatic N) is 2. The van der Waals surface area contributed by atoms with Crippen LogP contribution in [0.15, 0.2) is 42.5 Å². The molecule has 0 saturated carbocycles. The van der Waals surface area contributed by atoms with Crippen LogP contribution in [0.4, 0.5) is 4.39 Å². The van der Waals surface area contributed by atoms with Crippen molar-refractivity contribution in [2.45, 2.75) is 39.2 Å². The zero-order valence-corrected chi connectivity index (χ0v) is 18.1. The molecule has 5 nitrogen and oxygen atoms in total. The fourth-order valence-corrected chi connectivity index (χ4v) is 4.46. The van der Waals surface area contributed by atoms with Gasteiger partial charge in [0, 0.05) is 25.6 Å². The van der Waals surface area contributed by atoms with Crippen LogP contribution in [0.2, 0.25) is 0 Å². The molecule has 0 aliphatic carbocycles. The van der Waals surface area contributed by atoms with Crippen LogP contribution in [0.25, 0.3) is 0 Å². The van der Waals surface area contributed by atoms with Crippen LogP contribution in [0.1, 0.15) is 49.4 Å². The van der Waals surface area contributed by atoms with Gasteiger partial charge in [-0.3, -0.25) is 9.59 Å². The maximum atomic E-state index is 13.6. The zero-order valence-electron chi connectivity index (χ0n) is 18.1. The van der Waals surface area contributed by atoms with Crippen molar-refractivity contribution in [3.8, 4) is 5.75 Å². The molecule has 2 aliphatic rings. The van der Waals surface area contributed by atoms with Crippen LogP contribution < -0.4 is 4.74 Å². The van der Waals surface area contributed by atoms with Crippen LogP contribution in [0.5, 0.6) is 5.75 Å². The highest BCUT2D eigenvalue weighted by Crippen LogP contribution is 2.38. The standard InChI is InChI=1S/C25H29FN2O3/c1-17(2)25(30)28-14-11-18-7-10-21(31-16-23(29)27-12-3-4-13-27)15-22(18)24(28)19-5-8-20(26)9-6-19/h5-10,15,17,24H,3-4,11-14,16H2,1-2H3. The number of likely N-dealkylation sites (tertiary alicyclic amines) is 1. The SMILES string of the molecule is CC(C)C(=O)N1CCc2ccc(OCC(=O)N3CCCC3)cc2C1c1ccc(F)cc1. The quantitative estimate of drug-likeness (QED) is 0.730. The minimum absolute atomic E-state index is 0.00178. The summed E-state index contributed by atoms with van der Waals surface area (Å²) in [6.07, 6.45) is 2.84. The molecule has 2 heterocycles. The highest BCUT2D eigenvalue weighted by molar-refractivity contribution is 5.80. The first-order valence-corrected chi connectivity index (χ1v) is 11.0. The summed E-state index contributed by atoms with van der Waals surface area (Å²) in [6, 6.07) is 11.8. The van der Waals surface area contributed by atoms with Crippen LogP contribution >= 0.6 is 0 Å². The third-order valence-corrected chi connectivity index (χ3v) is 6.13. The number of hydrogen-bond donors (Lipinski definition) is 0. The van der Waals surface area contributed by atoms with E-state index in [1.807, 2.05) is 41.8 Å². The third-order valence-electron chi connectivity index (χ3n) is 6.13. The molecule has 0 aromatic heterocycles. The molecule has 2 aromatic carbocycles. The van der Waals surface area contributed by atoms with Gasteiger partial charge in [0.2, 0.25) is 5.91 Å². The van der Waals surface area contributed by atoms with Crippen molar-refractivity contribution in [3.63, 3.8) is 0 Å². The summed E-state index contributed by atoms with van der Waals surface area (Å²) in [7, 11) is 0. The average molecular weight is 425 g/mol. The number of fused-ring (bicyclic) bond motifs is 1. The van der Waals surface area contributed by atoms with Crippen LogP contribution in [0.3, 0.4) is 0 Å². The molecule has 0 spiro atoms. The van der Waals surface area contributed by atoms with E-state index < -0.39 is 0 Å². The molecule has 4 rings (SSSR count). The molecule has 2 aliphatic heterocycles. The van der Waals surface area contributed by atoms with E-state index in [9.17, 15) is 14.0 Å². The Kier molecular flexibility index (Phi) is 6.25. The molecular formula is C25H29FN2O3. The van der Waals surface area contributed by atoms with Gasteiger partial charge < -0.3 is 14.5 Å². The minimum atomic E-state index is -0.308. The highest BCUT2D eigenvalue weighted by Gasteiger charge is 2.33. The minimum Gasteiger partial charge on any atom is -0.484 e. The Hall–Kier alpha value is -2.89. The van der Waals surface area contributed by atoms with Gasteiger partial charge in [0.05, 0.1) is 6.04 Å². The lowest BCUT2D eigenvalue weighted by molar-refractivity contribution is -0.136. The van der Waals surface area contributed by atoms with Gasteiger partial charge in [-0.05, 0) is 60.2 Å². The van der Waals surface area contributed by atoms with Crippen LogP contribution in [-0.4, -0.2) is 47.9 Å². The monoisotopic (exact) mass is 424 g/mol. The first kappa shape index (κ1) is 21.3. The lowest BCUT2D eigenvalue weighted by atomic mass is 9.87. The van der Waals surface area contributed by atoms with E-state index in [0.717, 1.165) is 49.0 Å². The highest BCUT2D eigenvalue weighted by atomic mass is 19.1. The van der Waals surface area contributed by atoms with E-state index >= 15 is 0 Å². The Bertz CT molecular complexity index is 952. The van der Waals surface area contributed by atoms with Crippen molar-refractivity contribution in [2.24, 2.45) is 5.92 Å². The van der Waals surface area contributed by atoms with Crippen molar-refractivity contribution in [1.29, 1.82) is 0 Å². The first-order chi connectivity index (χ1) is 14.9. The molecule has 31 heavy (non-hydrogen) atoms. The summed E-state index contributed by atoms with van der Waals surface area (Å²) in [5.74, 6) is 0.232. The summed E-state index contributed by atoms with van der Waals surface area (Å²) in [5.41, 5.74) is 2.97. The largest absolute Gasteiger partial charge is 0.484 e. The molecule has 164 valence electrons. The molecule has 6 heteroatoms. The van der Waals surface area contributed by atoms with E-state index in [4.69, 9.17) is 4.74 Å². The maximum absolute atomic E-state index is 13.6. The number of halogens is 1. The Morgan fingerprint density at radius 2 is 1.77 bits per heavy atom. The molecule has 2 aromatic rings. The van der Waals surface area contributed by atoms with Gasteiger partial charge in [-0.1, -0.05) is 32.0 Å². The van der Waals surface area contributed by atoms with Gasteiger partial charge in [-0.15, -0.1) is 0 Å². The Labute approximate surface area is 182 Å². The number of carbonyl (C=O) groups is 2. The molecule has 0 bridgehead atoms. The first-order valence-electron chi connectivity index (χ1n) is 11.0. The normalized spacial score (nSPS) is 18.3. The molecule has 1 fully saturated rings. The van der Waals surface area contributed by atoms with E-state index in [1.54, 1.807) is 12.1 Å². The van der Waals surface area contributed by atoms with Crippen molar-refractivity contribution in [2.75, 3.05) is 26.2 Å². The summed E-state index contributed by atoms with van der Waals surface area (Å²) >= 11 is 0. The number of carbonyl (C=O) groups excluding carboxylic acids is 2. The van der Waals surface area contributed by atoms with Gasteiger partial charge >= 0.3 is 0 Å². The van der Waals surface area contributed by atoms with Crippen molar-refractivity contribution in [3.05, 3.63) is 65.0 Å². The van der Waals surface area contributed by atoms with E-state index in [-0.39, 0.29) is 36.2 Å². The van der Waals surface area contributed by atoms with E-state index in [1.165, 1.54) is 12.1 Å². The fourth-order valence-electron chi connectivity index (χ4n) is 4.46. The predicted molar refractivity (Wildman–Crippen MR) is 116 cm³/mol. The Morgan fingerprint density at radius 1 is 1.06 bits per heavy atom. The Morgan fingerprint density at radius 3 is 2.45 bits per heavy atom. The van der Waals surface area contributed by atoms with E-state index in [2.05, 4.69) is 0 Å². The Balaban J connectivity index is 1.63. The molecule has 0 N–H and O–H groups in total. The fraction of sp³-hybridized carbons (Fsp3) is 0.440. The second kappa shape index (κ2) is 9.08. The molecular weight excluding hydrogens is 395 g/mol. The molecule has 1 unspecified atom stereocenters. The second-order valence-electron chi connectivity index (χ2n) is 8.63. The number of amides is 2. The predicted octanol–water partition coefficient (Wildman–Crippen LogP) is 3.96. The summed E-state index contributed by atoms with van der Waals surface area (Å²) in [5, 5.41) is 0. The average Bonchev–Trinajstić information content (AvgIpc) is 3.32. The van der Waals surface area contributed by atoms with Gasteiger partial charge in [-0.2, -0.15) is 0 Å².